The number of nitrogens with zero attached hydrogens (tertiary/aromatic N) is 3. The maximum atomic E-state index is 12.3. The van der Waals surface area contributed by atoms with Gasteiger partial charge in [0, 0.05) is 39.1 Å². The van der Waals surface area contributed by atoms with Crippen molar-refractivity contribution >= 4 is 6.21 Å². The number of aromatic nitrogens is 2. The first kappa shape index (κ1) is 17.0. The Morgan fingerprint density at radius 3 is 2.20 bits per heavy atom. The molecule has 0 aliphatic carbocycles. The molecule has 0 amide bonds. The Morgan fingerprint density at radius 1 is 1.00 bits per heavy atom. The SMILES string of the molecule is CC(C)(C)[N+]([O-])=Cc1cn(Cc2ccccc2)c(-c2ccccc2)n1. The molecule has 0 saturated carbocycles. The minimum atomic E-state index is -0.490. The lowest BCUT2D eigenvalue weighted by molar-refractivity contribution is -0.530. The van der Waals surface area contributed by atoms with Gasteiger partial charge in [-0.05, 0) is 5.56 Å². The number of benzene rings is 2. The van der Waals surface area contributed by atoms with Gasteiger partial charge >= 0.3 is 0 Å². The van der Waals surface area contributed by atoms with E-state index in [1.165, 1.54) is 5.56 Å². The van der Waals surface area contributed by atoms with Crippen LogP contribution in [0.5, 0.6) is 0 Å². The van der Waals surface area contributed by atoms with Crippen LogP contribution in [0.1, 0.15) is 32.0 Å². The second-order valence-electron chi connectivity index (χ2n) is 7.09. The van der Waals surface area contributed by atoms with Crippen LogP contribution < -0.4 is 0 Å². The topological polar surface area (TPSA) is 43.9 Å². The Hall–Kier alpha value is -2.88. The van der Waals surface area contributed by atoms with Crippen molar-refractivity contribution in [1.29, 1.82) is 0 Å². The largest absolute Gasteiger partial charge is 0.623 e. The number of imidazole rings is 1. The van der Waals surface area contributed by atoms with E-state index in [4.69, 9.17) is 4.98 Å². The van der Waals surface area contributed by atoms with E-state index in [0.29, 0.717) is 12.2 Å². The lowest BCUT2D eigenvalue weighted by Crippen LogP contribution is -2.29. The first-order valence-electron chi connectivity index (χ1n) is 8.41. The van der Waals surface area contributed by atoms with Gasteiger partial charge in [-0.2, -0.15) is 0 Å². The van der Waals surface area contributed by atoms with E-state index in [0.717, 1.165) is 16.1 Å². The zero-order valence-corrected chi connectivity index (χ0v) is 14.9. The molecule has 2 aromatic carbocycles. The highest BCUT2D eigenvalue weighted by Crippen LogP contribution is 2.20. The van der Waals surface area contributed by atoms with E-state index < -0.39 is 5.54 Å². The molecule has 0 atom stereocenters. The van der Waals surface area contributed by atoms with Gasteiger partial charge < -0.3 is 9.77 Å². The van der Waals surface area contributed by atoms with Gasteiger partial charge in [0.25, 0.3) is 0 Å². The summed E-state index contributed by atoms with van der Waals surface area (Å²) in [5.41, 5.74) is 2.40. The van der Waals surface area contributed by atoms with Crippen LogP contribution in [0.2, 0.25) is 0 Å². The third-order valence-electron chi connectivity index (χ3n) is 3.93. The first-order chi connectivity index (χ1) is 11.9. The third-order valence-corrected chi connectivity index (χ3v) is 3.93. The summed E-state index contributed by atoms with van der Waals surface area (Å²) in [6.07, 6.45) is 3.50. The smallest absolute Gasteiger partial charge is 0.202 e. The van der Waals surface area contributed by atoms with Crippen LogP contribution in [0.4, 0.5) is 0 Å². The molecule has 0 bridgehead atoms. The Labute approximate surface area is 148 Å². The monoisotopic (exact) mass is 333 g/mol. The summed E-state index contributed by atoms with van der Waals surface area (Å²) in [6, 6.07) is 20.3. The fraction of sp³-hybridized carbons (Fsp3) is 0.238. The molecular weight excluding hydrogens is 310 g/mol. The second kappa shape index (κ2) is 6.93. The van der Waals surface area contributed by atoms with Crippen molar-refractivity contribution in [2.45, 2.75) is 32.9 Å². The molecule has 0 fully saturated rings. The highest BCUT2D eigenvalue weighted by atomic mass is 16.5. The summed E-state index contributed by atoms with van der Waals surface area (Å²) in [5.74, 6) is 0.859. The Balaban J connectivity index is 2.03. The Bertz CT molecular complexity index is 859. The molecule has 0 spiro atoms. The lowest BCUT2D eigenvalue weighted by atomic mass is 10.1. The summed E-state index contributed by atoms with van der Waals surface area (Å²) >= 11 is 0. The molecule has 1 heterocycles. The summed E-state index contributed by atoms with van der Waals surface area (Å²) in [4.78, 5) is 4.70. The zero-order valence-electron chi connectivity index (χ0n) is 14.9. The van der Waals surface area contributed by atoms with E-state index >= 15 is 0 Å². The van der Waals surface area contributed by atoms with Gasteiger partial charge in [0.2, 0.25) is 6.21 Å². The molecule has 0 aliphatic heterocycles. The Kier molecular flexibility index (Phi) is 4.70. The minimum absolute atomic E-state index is 0.490. The first-order valence-corrected chi connectivity index (χ1v) is 8.41. The van der Waals surface area contributed by atoms with Crippen molar-refractivity contribution < 1.29 is 4.74 Å². The second-order valence-corrected chi connectivity index (χ2v) is 7.09. The van der Waals surface area contributed by atoms with Crippen molar-refractivity contribution in [2.75, 3.05) is 0 Å². The van der Waals surface area contributed by atoms with E-state index in [1.54, 1.807) is 6.21 Å². The minimum Gasteiger partial charge on any atom is -0.623 e. The van der Waals surface area contributed by atoms with E-state index in [1.807, 2.05) is 75.5 Å². The van der Waals surface area contributed by atoms with Gasteiger partial charge in [-0.25, -0.2) is 9.72 Å². The van der Waals surface area contributed by atoms with Crippen molar-refractivity contribution in [1.82, 2.24) is 9.55 Å². The van der Waals surface area contributed by atoms with Crippen LogP contribution in [0.15, 0.2) is 66.9 Å². The van der Waals surface area contributed by atoms with Crippen LogP contribution >= 0.6 is 0 Å². The summed E-state index contributed by atoms with van der Waals surface area (Å²) in [6.45, 7) is 6.36. The molecule has 4 heteroatoms. The number of hydrogen-bond acceptors (Lipinski definition) is 2. The highest BCUT2D eigenvalue weighted by molar-refractivity contribution is 5.74. The molecule has 0 radical (unpaired) electrons. The predicted molar refractivity (Wildman–Crippen MR) is 102 cm³/mol. The molecular formula is C21H23N3O. The van der Waals surface area contributed by atoms with Crippen molar-refractivity contribution in [3.8, 4) is 11.4 Å². The van der Waals surface area contributed by atoms with Gasteiger partial charge in [0.05, 0.1) is 0 Å². The average Bonchev–Trinajstić information content (AvgIpc) is 2.98. The molecule has 3 rings (SSSR count). The fourth-order valence-electron chi connectivity index (χ4n) is 2.53. The quantitative estimate of drug-likeness (QED) is 0.309. The van der Waals surface area contributed by atoms with Crippen molar-refractivity contribution in [2.24, 2.45) is 0 Å². The highest BCUT2D eigenvalue weighted by Gasteiger charge is 2.19. The standard InChI is InChI=1S/C21H23N3O/c1-21(2,3)24(25)16-19-15-23(14-17-10-6-4-7-11-17)20(22-19)18-12-8-5-9-13-18/h4-13,15-16H,14H2,1-3H3. The number of rotatable bonds is 4. The maximum Gasteiger partial charge on any atom is 0.202 e. The van der Waals surface area contributed by atoms with Crippen LogP contribution in [0.3, 0.4) is 0 Å². The maximum absolute atomic E-state index is 12.3. The third kappa shape index (κ3) is 4.15. The van der Waals surface area contributed by atoms with E-state index in [2.05, 4.69) is 16.7 Å². The Morgan fingerprint density at radius 2 is 1.60 bits per heavy atom. The van der Waals surface area contributed by atoms with Crippen molar-refractivity contribution in [3.63, 3.8) is 0 Å². The van der Waals surface area contributed by atoms with Gasteiger partial charge in [-0.1, -0.05) is 60.7 Å². The van der Waals surface area contributed by atoms with Crippen LogP contribution in [-0.2, 0) is 6.54 Å². The predicted octanol–water partition coefficient (Wildman–Crippen LogP) is 4.33. The molecule has 0 N–H and O–H groups in total. The molecule has 0 unspecified atom stereocenters. The molecule has 0 saturated heterocycles. The van der Waals surface area contributed by atoms with E-state index in [9.17, 15) is 5.21 Å². The molecule has 3 aromatic rings. The van der Waals surface area contributed by atoms with Gasteiger partial charge in [0.15, 0.2) is 5.54 Å². The van der Waals surface area contributed by atoms with E-state index in [-0.39, 0.29) is 0 Å². The summed E-state index contributed by atoms with van der Waals surface area (Å²) in [7, 11) is 0. The summed E-state index contributed by atoms with van der Waals surface area (Å²) in [5, 5.41) is 12.3. The molecule has 1 aromatic heterocycles. The average molecular weight is 333 g/mol. The summed E-state index contributed by atoms with van der Waals surface area (Å²) < 4.78 is 3.05. The molecule has 0 aliphatic rings. The van der Waals surface area contributed by atoms with Gasteiger partial charge in [0.1, 0.15) is 11.5 Å². The lowest BCUT2D eigenvalue weighted by Gasteiger charge is -2.17. The van der Waals surface area contributed by atoms with Gasteiger partial charge in [-0.15, -0.1) is 0 Å². The molecule has 4 nitrogen and oxygen atoms in total. The van der Waals surface area contributed by atoms with Crippen molar-refractivity contribution in [3.05, 3.63) is 83.3 Å². The number of hydrogen-bond donors (Lipinski definition) is 0. The molecule has 25 heavy (non-hydrogen) atoms. The fourth-order valence-corrected chi connectivity index (χ4v) is 2.53. The zero-order chi connectivity index (χ0) is 17.9. The number of hydroxylamine groups is 1. The van der Waals surface area contributed by atoms with Crippen LogP contribution in [0.25, 0.3) is 11.4 Å². The molecule has 128 valence electrons. The van der Waals surface area contributed by atoms with Gasteiger partial charge in [-0.3, -0.25) is 0 Å². The van der Waals surface area contributed by atoms with Crippen LogP contribution in [-0.4, -0.2) is 26.0 Å². The van der Waals surface area contributed by atoms with Crippen LogP contribution in [0, 0.1) is 5.21 Å². The normalized spacial score (nSPS) is 12.4.